The van der Waals surface area contributed by atoms with Gasteiger partial charge in [0.1, 0.15) is 5.82 Å². The fraction of sp³-hybridized carbons (Fsp3) is 0.500. The quantitative estimate of drug-likeness (QED) is 0.822. The van der Waals surface area contributed by atoms with Crippen LogP contribution in [0.3, 0.4) is 0 Å². The van der Waals surface area contributed by atoms with Gasteiger partial charge in [0.25, 0.3) is 0 Å². The lowest BCUT2D eigenvalue weighted by molar-refractivity contribution is -0.0499. The summed E-state index contributed by atoms with van der Waals surface area (Å²) >= 11 is 0. The topological polar surface area (TPSA) is 53.2 Å². The molecular formula is C18H26N4O. The zero-order valence-corrected chi connectivity index (χ0v) is 13.7. The minimum Gasteiger partial charge on any atom is -0.374 e. The number of nitrogens with one attached hydrogen (secondary N) is 2. The molecule has 5 heteroatoms. The Labute approximate surface area is 138 Å². The first kappa shape index (κ1) is 16.2. The fourth-order valence-corrected chi connectivity index (χ4v) is 3.12. The second-order valence-corrected chi connectivity index (χ2v) is 6.06. The third-order valence-electron chi connectivity index (χ3n) is 4.40. The van der Waals surface area contributed by atoms with Crippen LogP contribution >= 0.6 is 0 Å². The molecule has 2 heterocycles. The Morgan fingerprint density at radius 1 is 1.39 bits per heavy atom. The highest BCUT2D eigenvalue weighted by atomic mass is 16.5. The Hall–Kier alpha value is -1.69. The van der Waals surface area contributed by atoms with E-state index in [0.717, 1.165) is 45.0 Å². The molecule has 1 aliphatic rings. The average molecular weight is 314 g/mol. The van der Waals surface area contributed by atoms with E-state index in [2.05, 4.69) is 57.4 Å². The van der Waals surface area contributed by atoms with Crippen molar-refractivity contribution in [2.45, 2.75) is 38.6 Å². The van der Waals surface area contributed by atoms with Gasteiger partial charge in [-0.1, -0.05) is 37.3 Å². The van der Waals surface area contributed by atoms with Crippen molar-refractivity contribution < 1.29 is 4.74 Å². The number of aromatic amines is 1. The molecule has 2 aromatic rings. The molecule has 0 bridgehead atoms. The van der Waals surface area contributed by atoms with Crippen molar-refractivity contribution in [3.63, 3.8) is 0 Å². The lowest BCUT2D eigenvalue weighted by Gasteiger charge is -2.37. The van der Waals surface area contributed by atoms with E-state index in [1.54, 1.807) is 6.20 Å². The standard InChI is InChI=1S/C18H26N4O/c1-2-16(21-12-18-19-8-9-20-18)17-14-22(10-11-23-17)13-15-6-4-3-5-7-15/h3-9,16-17,21H,2,10-14H2,1H3,(H,19,20)/t16-,17+/m1/s1. The molecule has 1 aromatic carbocycles. The van der Waals surface area contributed by atoms with Gasteiger partial charge in [-0.2, -0.15) is 0 Å². The Morgan fingerprint density at radius 2 is 2.26 bits per heavy atom. The van der Waals surface area contributed by atoms with E-state index in [0.29, 0.717) is 6.04 Å². The van der Waals surface area contributed by atoms with Gasteiger partial charge in [0.2, 0.25) is 0 Å². The summed E-state index contributed by atoms with van der Waals surface area (Å²) in [5.74, 6) is 0.973. The molecule has 1 aliphatic heterocycles. The van der Waals surface area contributed by atoms with Gasteiger partial charge in [-0.15, -0.1) is 0 Å². The maximum Gasteiger partial charge on any atom is 0.120 e. The Balaban J connectivity index is 1.53. The number of hydrogen-bond acceptors (Lipinski definition) is 4. The lowest BCUT2D eigenvalue weighted by Crippen LogP contribution is -2.51. The van der Waals surface area contributed by atoms with Crippen molar-refractivity contribution in [2.24, 2.45) is 0 Å². The maximum atomic E-state index is 6.03. The molecule has 0 saturated carbocycles. The molecule has 1 aromatic heterocycles. The van der Waals surface area contributed by atoms with Crippen LogP contribution in [-0.4, -0.2) is 46.7 Å². The van der Waals surface area contributed by atoms with Gasteiger partial charge in [-0.05, 0) is 12.0 Å². The van der Waals surface area contributed by atoms with Crippen molar-refractivity contribution >= 4 is 0 Å². The largest absolute Gasteiger partial charge is 0.374 e. The number of rotatable bonds is 7. The van der Waals surface area contributed by atoms with Gasteiger partial charge in [0.15, 0.2) is 0 Å². The molecule has 23 heavy (non-hydrogen) atoms. The second kappa shape index (κ2) is 8.24. The molecule has 3 rings (SSSR count). The van der Waals surface area contributed by atoms with E-state index >= 15 is 0 Å². The van der Waals surface area contributed by atoms with Gasteiger partial charge >= 0.3 is 0 Å². The number of ether oxygens (including phenoxy) is 1. The summed E-state index contributed by atoms with van der Waals surface area (Å²) in [7, 11) is 0. The fourth-order valence-electron chi connectivity index (χ4n) is 3.12. The molecule has 124 valence electrons. The minimum absolute atomic E-state index is 0.229. The summed E-state index contributed by atoms with van der Waals surface area (Å²) in [6, 6.07) is 11.0. The van der Waals surface area contributed by atoms with Crippen LogP contribution in [0.5, 0.6) is 0 Å². The SMILES string of the molecule is CC[C@@H](NCc1ncc[nH]1)[C@@H]1CN(Cc2ccccc2)CCO1. The summed E-state index contributed by atoms with van der Waals surface area (Å²) in [6.07, 6.45) is 4.92. The van der Waals surface area contributed by atoms with Crippen LogP contribution in [0, 0.1) is 0 Å². The minimum atomic E-state index is 0.229. The van der Waals surface area contributed by atoms with Crippen molar-refractivity contribution in [2.75, 3.05) is 19.7 Å². The summed E-state index contributed by atoms with van der Waals surface area (Å²) in [6.45, 7) is 6.73. The summed E-state index contributed by atoms with van der Waals surface area (Å²) in [5, 5.41) is 3.58. The normalized spacial score (nSPS) is 20.5. The number of nitrogens with zero attached hydrogens (tertiary/aromatic N) is 2. The van der Waals surface area contributed by atoms with E-state index in [1.165, 1.54) is 5.56 Å². The van der Waals surface area contributed by atoms with Crippen LogP contribution in [0.15, 0.2) is 42.7 Å². The molecule has 1 fully saturated rings. The van der Waals surface area contributed by atoms with Gasteiger partial charge < -0.3 is 15.0 Å². The van der Waals surface area contributed by atoms with E-state index in [9.17, 15) is 0 Å². The number of imidazole rings is 1. The van der Waals surface area contributed by atoms with Crippen LogP contribution in [0.2, 0.25) is 0 Å². The Morgan fingerprint density at radius 3 is 3.00 bits per heavy atom. The molecule has 1 saturated heterocycles. The second-order valence-electron chi connectivity index (χ2n) is 6.06. The molecule has 2 N–H and O–H groups in total. The molecule has 0 amide bonds. The Kier molecular flexibility index (Phi) is 5.80. The maximum absolute atomic E-state index is 6.03. The van der Waals surface area contributed by atoms with E-state index < -0.39 is 0 Å². The number of aromatic nitrogens is 2. The molecular weight excluding hydrogens is 288 g/mol. The highest BCUT2D eigenvalue weighted by Crippen LogP contribution is 2.14. The first-order valence-electron chi connectivity index (χ1n) is 8.44. The smallest absolute Gasteiger partial charge is 0.120 e. The third kappa shape index (κ3) is 4.64. The summed E-state index contributed by atoms with van der Waals surface area (Å²) in [5.41, 5.74) is 1.37. The average Bonchev–Trinajstić information content (AvgIpc) is 3.10. The predicted octanol–water partition coefficient (Wildman–Crippen LogP) is 2.18. The van der Waals surface area contributed by atoms with Crippen molar-refractivity contribution in [3.8, 4) is 0 Å². The van der Waals surface area contributed by atoms with E-state index in [-0.39, 0.29) is 6.10 Å². The summed E-state index contributed by atoms with van der Waals surface area (Å²) < 4.78 is 6.03. The van der Waals surface area contributed by atoms with Gasteiger partial charge in [-0.3, -0.25) is 4.90 Å². The van der Waals surface area contributed by atoms with E-state index in [4.69, 9.17) is 4.74 Å². The molecule has 0 unspecified atom stereocenters. The van der Waals surface area contributed by atoms with Crippen LogP contribution in [0.4, 0.5) is 0 Å². The van der Waals surface area contributed by atoms with Gasteiger partial charge in [0, 0.05) is 38.1 Å². The first-order chi connectivity index (χ1) is 11.3. The van der Waals surface area contributed by atoms with Crippen LogP contribution in [0.1, 0.15) is 24.7 Å². The van der Waals surface area contributed by atoms with Crippen LogP contribution < -0.4 is 5.32 Å². The van der Waals surface area contributed by atoms with Crippen molar-refractivity contribution in [1.29, 1.82) is 0 Å². The number of H-pyrrole nitrogens is 1. The van der Waals surface area contributed by atoms with Gasteiger partial charge in [-0.25, -0.2) is 4.98 Å². The Bertz CT molecular complexity index is 558. The first-order valence-corrected chi connectivity index (χ1v) is 8.44. The number of hydrogen-bond donors (Lipinski definition) is 2. The third-order valence-corrected chi connectivity index (χ3v) is 4.40. The molecule has 0 spiro atoms. The summed E-state index contributed by atoms with van der Waals surface area (Å²) in [4.78, 5) is 9.89. The van der Waals surface area contributed by atoms with Crippen LogP contribution in [0.25, 0.3) is 0 Å². The number of morpholine rings is 1. The van der Waals surface area contributed by atoms with Crippen molar-refractivity contribution in [1.82, 2.24) is 20.2 Å². The molecule has 0 aliphatic carbocycles. The highest BCUT2D eigenvalue weighted by Gasteiger charge is 2.27. The monoisotopic (exact) mass is 314 g/mol. The lowest BCUT2D eigenvalue weighted by atomic mass is 10.1. The molecule has 5 nitrogen and oxygen atoms in total. The zero-order valence-electron chi connectivity index (χ0n) is 13.7. The van der Waals surface area contributed by atoms with Crippen molar-refractivity contribution in [3.05, 3.63) is 54.1 Å². The predicted molar refractivity (Wildman–Crippen MR) is 91.0 cm³/mol. The van der Waals surface area contributed by atoms with Gasteiger partial charge in [0.05, 0.1) is 19.3 Å². The zero-order chi connectivity index (χ0) is 15.9. The van der Waals surface area contributed by atoms with E-state index in [1.807, 2.05) is 6.20 Å². The molecule has 0 radical (unpaired) electrons. The number of benzene rings is 1. The molecule has 2 atom stereocenters. The van der Waals surface area contributed by atoms with Crippen LogP contribution in [-0.2, 0) is 17.8 Å². The highest BCUT2D eigenvalue weighted by molar-refractivity contribution is 5.14.